The van der Waals surface area contributed by atoms with E-state index >= 15 is 0 Å². The lowest BCUT2D eigenvalue weighted by Crippen LogP contribution is -2.20. The van der Waals surface area contributed by atoms with Crippen LogP contribution in [-0.2, 0) is 4.74 Å². The van der Waals surface area contributed by atoms with Crippen molar-refractivity contribution in [3.05, 3.63) is 28.3 Å². The highest BCUT2D eigenvalue weighted by Crippen LogP contribution is 2.26. The molecule has 1 rings (SSSR count). The van der Waals surface area contributed by atoms with Crippen molar-refractivity contribution in [1.82, 2.24) is 0 Å². The Kier molecular flexibility index (Phi) is 5.38. The van der Waals surface area contributed by atoms with Crippen molar-refractivity contribution in [3.63, 3.8) is 0 Å². The fourth-order valence-corrected chi connectivity index (χ4v) is 1.60. The number of nitro groups is 1. The number of benzene rings is 1. The maximum absolute atomic E-state index is 10.8. The molecule has 1 atom stereocenters. The second kappa shape index (κ2) is 6.80. The number of nitrogens with zero attached hydrogens (tertiary/aromatic N) is 1. The van der Waals surface area contributed by atoms with Crippen molar-refractivity contribution in [2.24, 2.45) is 0 Å². The Morgan fingerprint density at radius 3 is 2.72 bits per heavy atom. The number of nitro benzene ring substituents is 1. The third-order valence-electron chi connectivity index (χ3n) is 2.24. The normalized spacial score (nSPS) is 11.9. The van der Waals surface area contributed by atoms with Gasteiger partial charge in [0.15, 0.2) is 0 Å². The van der Waals surface area contributed by atoms with Gasteiger partial charge >= 0.3 is 0 Å². The lowest BCUT2D eigenvalue weighted by Gasteiger charge is -2.15. The molecule has 1 aromatic carbocycles. The summed E-state index contributed by atoms with van der Waals surface area (Å²) in [5.74, 6) is 0.485. The Hall–Kier alpha value is -1.82. The monoisotopic (exact) mass is 254 g/mol. The van der Waals surface area contributed by atoms with Gasteiger partial charge in [-0.2, -0.15) is 0 Å². The molecule has 0 radical (unpaired) electrons. The van der Waals surface area contributed by atoms with E-state index in [1.54, 1.807) is 13.2 Å². The second-order valence-corrected chi connectivity index (χ2v) is 3.91. The van der Waals surface area contributed by atoms with E-state index in [0.717, 1.165) is 0 Å². The number of methoxy groups -OCH3 is 1. The lowest BCUT2D eigenvalue weighted by molar-refractivity contribution is -0.384. The third-order valence-corrected chi connectivity index (χ3v) is 2.24. The minimum Gasteiger partial charge on any atom is -0.494 e. The predicted octanol–water partition coefficient (Wildman–Crippen LogP) is 2.44. The smallest absolute Gasteiger partial charge is 0.275 e. The highest BCUT2D eigenvalue weighted by Gasteiger charge is 2.11. The van der Waals surface area contributed by atoms with Gasteiger partial charge < -0.3 is 14.8 Å². The molecular formula is C12H18N2O4. The Balaban J connectivity index is 2.91. The SMILES string of the molecule is CCOc1cc(NC(C)COC)cc([N+](=O)[O-])c1. The Bertz CT molecular complexity index is 409. The van der Waals surface area contributed by atoms with E-state index in [1.165, 1.54) is 12.1 Å². The number of nitrogens with one attached hydrogen (secondary N) is 1. The minimum absolute atomic E-state index is 0.00747. The number of ether oxygens (including phenoxy) is 2. The highest BCUT2D eigenvalue weighted by atomic mass is 16.6. The molecule has 0 aliphatic heterocycles. The van der Waals surface area contributed by atoms with Crippen LogP contribution in [-0.4, -0.2) is 31.3 Å². The van der Waals surface area contributed by atoms with Crippen molar-refractivity contribution in [1.29, 1.82) is 0 Å². The zero-order valence-electron chi connectivity index (χ0n) is 10.8. The summed E-state index contributed by atoms with van der Waals surface area (Å²) in [5.41, 5.74) is 0.658. The number of hydrogen-bond acceptors (Lipinski definition) is 5. The molecule has 0 bridgehead atoms. The van der Waals surface area contributed by atoms with Crippen molar-refractivity contribution < 1.29 is 14.4 Å². The van der Waals surface area contributed by atoms with Crippen LogP contribution in [0.15, 0.2) is 18.2 Å². The summed E-state index contributed by atoms with van der Waals surface area (Å²) >= 11 is 0. The maximum atomic E-state index is 10.8. The average molecular weight is 254 g/mol. The minimum atomic E-state index is -0.436. The quantitative estimate of drug-likeness (QED) is 0.597. The summed E-state index contributed by atoms with van der Waals surface area (Å²) in [4.78, 5) is 10.4. The fourth-order valence-electron chi connectivity index (χ4n) is 1.60. The molecule has 1 unspecified atom stereocenters. The van der Waals surface area contributed by atoms with Crippen LogP contribution >= 0.6 is 0 Å². The molecule has 100 valence electrons. The molecule has 6 nitrogen and oxygen atoms in total. The van der Waals surface area contributed by atoms with Gasteiger partial charge in [0.2, 0.25) is 0 Å². The molecule has 0 saturated carbocycles. The highest BCUT2D eigenvalue weighted by molar-refractivity contribution is 5.56. The summed E-state index contributed by atoms with van der Waals surface area (Å²) in [6, 6.07) is 4.69. The van der Waals surface area contributed by atoms with E-state index in [2.05, 4.69) is 5.32 Å². The zero-order chi connectivity index (χ0) is 13.5. The van der Waals surface area contributed by atoms with Gasteiger partial charge in [-0.1, -0.05) is 0 Å². The van der Waals surface area contributed by atoms with E-state index in [4.69, 9.17) is 9.47 Å². The first-order chi connectivity index (χ1) is 8.56. The van der Waals surface area contributed by atoms with Crippen LogP contribution in [0, 0.1) is 10.1 Å². The molecule has 0 aliphatic rings. The van der Waals surface area contributed by atoms with Crippen LogP contribution in [0.3, 0.4) is 0 Å². The van der Waals surface area contributed by atoms with Crippen molar-refractivity contribution in [3.8, 4) is 5.75 Å². The standard InChI is InChI=1S/C12H18N2O4/c1-4-18-12-6-10(13-9(2)8-17-3)5-11(7-12)14(15)16/h5-7,9,13H,4,8H2,1-3H3. The molecular weight excluding hydrogens is 236 g/mol. The van der Waals surface area contributed by atoms with Crippen molar-refractivity contribution in [2.45, 2.75) is 19.9 Å². The van der Waals surface area contributed by atoms with Gasteiger partial charge in [0.1, 0.15) is 5.75 Å². The Labute approximate surface area is 106 Å². The molecule has 6 heteroatoms. The summed E-state index contributed by atoms with van der Waals surface area (Å²) in [6.45, 7) is 4.75. The molecule has 1 aromatic rings. The fraction of sp³-hybridized carbons (Fsp3) is 0.500. The lowest BCUT2D eigenvalue weighted by atomic mass is 10.2. The van der Waals surface area contributed by atoms with Crippen molar-refractivity contribution in [2.75, 3.05) is 25.6 Å². The second-order valence-electron chi connectivity index (χ2n) is 3.91. The molecule has 1 N–H and O–H groups in total. The molecule has 0 heterocycles. The van der Waals surface area contributed by atoms with Crippen LogP contribution in [0.4, 0.5) is 11.4 Å². The first-order valence-electron chi connectivity index (χ1n) is 5.74. The molecule has 0 fully saturated rings. The molecule has 0 aliphatic carbocycles. The van der Waals surface area contributed by atoms with Gasteiger partial charge in [0.25, 0.3) is 5.69 Å². The van der Waals surface area contributed by atoms with Crippen LogP contribution in [0.1, 0.15) is 13.8 Å². The van der Waals surface area contributed by atoms with Crippen LogP contribution in [0.25, 0.3) is 0 Å². The van der Waals surface area contributed by atoms with E-state index < -0.39 is 4.92 Å². The van der Waals surface area contributed by atoms with E-state index in [0.29, 0.717) is 24.7 Å². The molecule has 0 spiro atoms. The molecule has 0 aromatic heterocycles. The number of hydrogen-bond donors (Lipinski definition) is 1. The number of rotatable bonds is 7. The summed E-state index contributed by atoms with van der Waals surface area (Å²) in [6.07, 6.45) is 0. The van der Waals surface area contributed by atoms with Gasteiger partial charge in [-0.3, -0.25) is 10.1 Å². The topological polar surface area (TPSA) is 73.6 Å². The zero-order valence-corrected chi connectivity index (χ0v) is 10.8. The van der Waals surface area contributed by atoms with Gasteiger partial charge in [-0.15, -0.1) is 0 Å². The van der Waals surface area contributed by atoms with E-state index in [1.807, 2.05) is 13.8 Å². The number of non-ortho nitro benzene ring substituents is 1. The van der Waals surface area contributed by atoms with Crippen LogP contribution in [0.5, 0.6) is 5.75 Å². The number of anilines is 1. The Morgan fingerprint density at radius 1 is 1.44 bits per heavy atom. The van der Waals surface area contributed by atoms with Gasteiger partial charge in [0.05, 0.1) is 24.2 Å². The van der Waals surface area contributed by atoms with Gasteiger partial charge in [0, 0.05) is 31.0 Å². The maximum Gasteiger partial charge on any atom is 0.275 e. The average Bonchev–Trinajstić information content (AvgIpc) is 2.29. The largest absolute Gasteiger partial charge is 0.494 e. The van der Waals surface area contributed by atoms with Crippen LogP contribution < -0.4 is 10.1 Å². The van der Waals surface area contributed by atoms with Gasteiger partial charge in [-0.25, -0.2) is 0 Å². The van der Waals surface area contributed by atoms with Crippen LogP contribution in [0.2, 0.25) is 0 Å². The predicted molar refractivity (Wildman–Crippen MR) is 69.2 cm³/mol. The third kappa shape index (κ3) is 4.21. The first kappa shape index (κ1) is 14.2. The summed E-state index contributed by atoms with van der Waals surface area (Å²) in [5, 5.41) is 13.9. The molecule has 0 amide bonds. The summed E-state index contributed by atoms with van der Waals surface area (Å²) < 4.78 is 10.3. The van der Waals surface area contributed by atoms with Crippen molar-refractivity contribution >= 4 is 11.4 Å². The van der Waals surface area contributed by atoms with E-state index in [-0.39, 0.29) is 11.7 Å². The molecule has 0 saturated heterocycles. The van der Waals surface area contributed by atoms with Gasteiger partial charge in [-0.05, 0) is 13.8 Å². The van der Waals surface area contributed by atoms with E-state index in [9.17, 15) is 10.1 Å². The molecule has 18 heavy (non-hydrogen) atoms. The first-order valence-corrected chi connectivity index (χ1v) is 5.74. The summed E-state index contributed by atoms with van der Waals surface area (Å²) in [7, 11) is 1.61. The Morgan fingerprint density at radius 2 is 2.17 bits per heavy atom.